The highest BCUT2D eigenvalue weighted by Gasteiger charge is 2.23. The van der Waals surface area contributed by atoms with Gasteiger partial charge in [-0.05, 0) is 30.5 Å². The van der Waals surface area contributed by atoms with Crippen molar-refractivity contribution in [3.63, 3.8) is 0 Å². The number of hydrogen-bond acceptors (Lipinski definition) is 3. The van der Waals surface area contributed by atoms with Gasteiger partial charge in [0.1, 0.15) is 0 Å². The molecule has 3 aromatic rings. The number of aromatic amines is 1. The fourth-order valence-electron chi connectivity index (χ4n) is 3.64. The highest BCUT2D eigenvalue weighted by atomic mass is 35.5. The quantitative estimate of drug-likeness (QED) is 0.684. The molecule has 2 aromatic carbocycles. The molecule has 0 aliphatic carbocycles. The van der Waals surface area contributed by atoms with Crippen LogP contribution < -0.4 is 5.32 Å². The van der Waals surface area contributed by atoms with Gasteiger partial charge in [0.2, 0.25) is 0 Å². The van der Waals surface area contributed by atoms with Crippen molar-refractivity contribution in [2.45, 2.75) is 25.4 Å². The van der Waals surface area contributed by atoms with Gasteiger partial charge in [-0.1, -0.05) is 54.1 Å². The summed E-state index contributed by atoms with van der Waals surface area (Å²) in [5, 5.41) is 10.8. The second kappa shape index (κ2) is 8.59. The van der Waals surface area contributed by atoms with E-state index in [1.807, 2.05) is 30.3 Å². The first-order valence-corrected chi connectivity index (χ1v) is 9.93. The summed E-state index contributed by atoms with van der Waals surface area (Å²) in [6, 6.07) is 18.1. The number of nitrogens with zero attached hydrogens (tertiary/aromatic N) is 2. The molecular formula is C22H23ClN4O. The lowest BCUT2D eigenvalue weighted by Gasteiger charge is -2.32. The zero-order valence-electron chi connectivity index (χ0n) is 15.6. The van der Waals surface area contributed by atoms with Crippen LogP contribution in [0.4, 0.5) is 0 Å². The van der Waals surface area contributed by atoms with E-state index in [4.69, 9.17) is 11.6 Å². The average Bonchev–Trinajstić information content (AvgIpc) is 3.21. The number of hydrogen-bond donors (Lipinski definition) is 2. The summed E-state index contributed by atoms with van der Waals surface area (Å²) in [5.74, 6) is -0.0831. The molecule has 6 heteroatoms. The Bertz CT molecular complexity index is 915. The van der Waals surface area contributed by atoms with E-state index in [1.54, 1.807) is 6.20 Å². The Morgan fingerprint density at radius 3 is 2.54 bits per heavy atom. The van der Waals surface area contributed by atoms with Gasteiger partial charge in [0.25, 0.3) is 5.91 Å². The topological polar surface area (TPSA) is 61.0 Å². The Kier molecular flexibility index (Phi) is 5.74. The molecule has 0 spiro atoms. The molecule has 1 fully saturated rings. The van der Waals surface area contributed by atoms with Crippen LogP contribution in [0.1, 0.15) is 28.8 Å². The molecule has 4 rings (SSSR count). The molecule has 144 valence electrons. The predicted molar refractivity (Wildman–Crippen MR) is 111 cm³/mol. The van der Waals surface area contributed by atoms with Gasteiger partial charge in [-0.25, -0.2) is 0 Å². The summed E-state index contributed by atoms with van der Waals surface area (Å²) in [6.45, 7) is 2.93. The van der Waals surface area contributed by atoms with Crippen molar-refractivity contribution in [3.8, 4) is 11.3 Å². The number of carbonyl (C=O) groups excluding carboxylic acids is 1. The van der Waals surface area contributed by atoms with Gasteiger partial charge in [0.05, 0.1) is 17.5 Å². The molecule has 2 heterocycles. The Balaban J connectivity index is 1.34. The van der Waals surface area contributed by atoms with Crippen molar-refractivity contribution in [2.75, 3.05) is 13.1 Å². The number of benzene rings is 2. The van der Waals surface area contributed by atoms with Crippen LogP contribution in [0.15, 0.2) is 60.8 Å². The van der Waals surface area contributed by atoms with Crippen LogP contribution in [0.3, 0.4) is 0 Å². The van der Waals surface area contributed by atoms with Crippen LogP contribution in [0.25, 0.3) is 11.3 Å². The van der Waals surface area contributed by atoms with Gasteiger partial charge in [-0.2, -0.15) is 5.10 Å². The molecule has 1 saturated heterocycles. The molecular weight excluding hydrogens is 372 g/mol. The van der Waals surface area contributed by atoms with Crippen LogP contribution in [-0.4, -0.2) is 40.1 Å². The summed E-state index contributed by atoms with van der Waals surface area (Å²) in [6.07, 6.45) is 3.49. The van der Waals surface area contributed by atoms with Crippen LogP contribution >= 0.6 is 11.6 Å². The van der Waals surface area contributed by atoms with Crippen molar-refractivity contribution in [1.29, 1.82) is 0 Å². The molecule has 1 aliphatic rings. The van der Waals surface area contributed by atoms with Crippen molar-refractivity contribution in [2.24, 2.45) is 0 Å². The van der Waals surface area contributed by atoms with Crippen molar-refractivity contribution in [3.05, 3.63) is 76.9 Å². The predicted octanol–water partition coefficient (Wildman–Crippen LogP) is 4.12. The van der Waals surface area contributed by atoms with E-state index in [9.17, 15) is 4.79 Å². The third-order valence-electron chi connectivity index (χ3n) is 5.19. The third kappa shape index (κ3) is 4.43. The number of amides is 1. The fourth-order valence-corrected chi connectivity index (χ4v) is 3.76. The van der Waals surface area contributed by atoms with Gasteiger partial charge in [0, 0.05) is 36.3 Å². The minimum Gasteiger partial charge on any atom is -0.349 e. The maximum atomic E-state index is 12.8. The summed E-state index contributed by atoms with van der Waals surface area (Å²) < 4.78 is 0. The lowest BCUT2D eigenvalue weighted by atomic mass is 10.0. The maximum Gasteiger partial charge on any atom is 0.255 e. The van der Waals surface area contributed by atoms with Crippen molar-refractivity contribution < 1.29 is 4.79 Å². The molecule has 1 aliphatic heterocycles. The Hall–Kier alpha value is -2.63. The standard InChI is InChI=1S/C22H23ClN4O/c23-18-8-6-17(7-9-18)21-20(14-24-26-21)22(28)25-19-10-12-27(13-11-19)15-16-4-2-1-3-5-16/h1-9,14,19H,10-13,15H2,(H,24,26)(H,25,28). The molecule has 0 saturated carbocycles. The highest BCUT2D eigenvalue weighted by Crippen LogP contribution is 2.23. The summed E-state index contributed by atoms with van der Waals surface area (Å²) in [4.78, 5) is 15.2. The molecule has 5 nitrogen and oxygen atoms in total. The zero-order chi connectivity index (χ0) is 19.3. The normalized spacial score (nSPS) is 15.5. The minimum absolute atomic E-state index is 0.0831. The number of likely N-dealkylation sites (tertiary alicyclic amines) is 1. The van der Waals surface area contributed by atoms with Crippen LogP contribution in [0.2, 0.25) is 5.02 Å². The number of aromatic nitrogens is 2. The first-order valence-electron chi connectivity index (χ1n) is 9.55. The van der Waals surface area contributed by atoms with Gasteiger partial charge < -0.3 is 5.32 Å². The van der Waals surface area contributed by atoms with E-state index in [0.717, 1.165) is 43.7 Å². The van der Waals surface area contributed by atoms with E-state index in [2.05, 4.69) is 44.7 Å². The Labute approximate surface area is 169 Å². The lowest BCUT2D eigenvalue weighted by molar-refractivity contribution is 0.0909. The van der Waals surface area contributed by atoms with E-state index >= 15 is 0 Å². The molecule has 0 atom stereocenters. The van der Waals surface area contributed by atoms with E-state index < -0.39 is 0 Å². The monoisotopic (exact) mass is 394 g/mol. The molecule has 2 N–H and O–H groups in total. The average molecular weight is 395 g/mol. The maximum absolute atomic E-state index is 12.8. The summed E-state index contributed by atoms with van der Waals surface area (Å²) in [5.41, 5.74) is 3.51. The fraction of sp³-hybridized carbons (Fsp3) is 0.273. The number of piperidine rings is 1. The molecule has 28 heavy (non-hydrogen) atoms. The van der Waals surface area contributed by atoms with Gasteiger partial charge in [0.15, 0.2) is 0 Å². The molecule has 0 radical (unpaired) electrons. The smallest absolute Gasteiger partial charge is 0.255 e. The lowest BCUT2D eigenvalue weighted by Crippen LogP contribution is -2.44. The van der Waals surface area contributed by atoms with E-state index in [1.165, 1.54) is 5.56 Å². The molecule has 0 unspecified atom stereocenters. The largest absolute Gasteiger partial charge is 0.349 e. The highest BCUT2D eigenvalue weighted by molar-refractivity contribution is 6.30. The van der Waals surface area contributed by atoms with Crippen LogP contribution in [0.5, 0.6) is 0 Å². The van der Waals surface area contributed by atoms with Gasteiger partial charge in [-0.3, -0.25) is 14.8 Å². The van der Waals surface area contributed by atoms with E-state index in [-0.39, 0.29) is 11.9 Å². The van der Waals surface area contributed by atoms with Crippen LogP contribution in [0, 0.1) is 0 Å². The number of H-pyrrole nitrogens is 1. The zero-order valence-corrected chi connectivity index (χ0v) is 16.3. The van der Waals surface area contributed by atoms with Crippen molar-refractivity contribution >= 4 is 17.5 Å². The Morgan fingerprint density at radius 2 is 1.82 bits per heavy atom. The Morgan fingerprint density at radius 1 is 1.11 bits per heavy atom. The number of halogens is 1. The SMILES string of the molecule is O=C(NC1CCN(Cc2ccccc2)CC1)c1cn[nH]c1-c1ccc(Cl)cc1. The first kappa shape index (κ1) is 18.7. The molecule has 1 amide bonds. The van der Waals surface area contributed by atoms with Gasteiger partial charge >= 0.3 is 0 Å². The third-order valence-corrected chi connectivity index (χ3v) is 5.44. The van der Waals surface area contributed by atoms with Crippen molar-refractivity contribution in [1.82, 2.24) is 20.4 Å². The first-order chi connectivity index (χ1) is 13.7. The number of rotatable bonds is 5. The number of nitrogens with one attached hydrogen (secondary N) is 2. The molecule has 1 aromatic heterocycles. The summed E-state index contributed by atoms with van der Waals surface area (Å²) >= 11 is 5.96. The van der Waals surface area contributed by atoms with Crippen LogP contribution in [-0.2, 0) is 6.54 Å². The van der Waals surface area contributed by atoms with E-state index in [0.29, 0.717) is 10.6 Å². The van der Waals surface area contributed by atoms with Gasteiger partial charge in [-0.15, -0.1) is 0 Å². The minimum atomic E-state index is -0.0831. The summed E-state index contributed by atoms with van der Waals surface area (Å²) in [7, 11) is 0. The molecule has 0 bridgehead atoms. The number of carbonyl (C=O) groups is 1. The second-order valence-corrected chi connectivity index (χ2v) is 7.61. The second-order valence-electron chi connectivity index (χ2n) is 7.18.